The number of benzene rings is 3. The van der Waals surface area contributed by atoms with Crippen LogP contribution in [0.4, 0.5) is 0 Å². The fraction of sp³-hybridized carbons (Fsp3) is 0.182. The number of nitrogens with two attached hydrogens (primary N) is 1. The minimum absolute atomic E-state index is 0.751. The Morgan fingerprint density at radius 3 is 1.36 bits per heavy atom. The maximum absolute atomic E-state index is 5.70. The molecule has 3 heteroatoms. The van der Waals surface area contributed by atoms with Crippen molar-refractivity contribution in [3.63, 3.8) is 0 Å². The SMILES string of the molecule is NCCSCC[PH](c1ccccc1)(c1ccccc1)c1ccccc1. The van der Waals surface area contributed by atoms with Crippen molar-refractivity contribution in [2.24, 2.45) is 5.73 Å². The van der Waals surface area contributed by atoms with E-state index in [1.807, 2.05) is 11.8 Å². The Labute approximate surface area is 156 Å². The molecular formula is C22H26NPS. The third-order valence-corrected chi connectivity index (χ3v) is 11.0. The summed E-state index contributed by atoms with van der Waals surface area (Å²) in [5, 5.41) is 4.46. The molecule has 0 aliphatic heterocycles. The van der Waals surface area contributed by atoms with Gasteiger partial charge in [0.2, 0.25) is 0 Å². The molecule has 0 spiro atoms. The molecule has 25 heavy (non-hydrogen) atoms. The van der Waals surface area contributed by atoms with E-state index in [0.717, 1.165) is 18.1 Å². The van der Waals surface area contributed by atoms with Crippen LogP contribution >= 0.6 is 19.0 Å². The maximum atomic E-state index is 5.70. The normalized spacial score (nSPS) is 12.0. The Morgan fingerprint density at radius 1 is 0.600 bits per heavy atom. The van der Waals surface area contributed by atoms with Gasteiger partial charge < -0.3 is 0 Å². The second-order valence-corrected chi connectivity index (χ2v) is 11.4. The zero-order valence-electron chi connectivity index (χ0n) is 14.5. The molecule has 0 unspecified atom stereocenters. The summed E-state index contributed by atoms with van der Waals surface area (Å²) in [6.07, 6.45) is 1.19. The number of thioether (sulfide) groups is 1. The van der Waals surface area contributed by atoms with Crippen LogP contribution in [0.2, 0.25) is 0 Å². The van der Waals surface area contributed by atoms with E-state index in [1.54, 1.807) is 0 Å². The van der Waals surface area contributed by atoms with E-state index in [9.17, 15) is 0 Å². The van der Waals surface area contributed by atoms with Crippen LogP contribution in [0.15, 0.2) is 91.0 Å². The number of rotatable bonds is 8. The van der Waals surface area contributed by atoms with E-state index in [4.69, 9.17) is 5.73 Å². The molecule has 0 fully saturated rings. The quantitative estimate of drug-likeness (QED) is 0.488. The zero-order chi connectivity index (χ0) is 17.4. The molecule has 0 atom stereocenters. The van der Waals surface area contributed by atoms with Gasteiger partial charge in [0.25, 0.3) is 0 Å². The van der Waals surface area contributed by atoms with Gasteiger partial charge in [0, 0.05) is 0 Å². The first-order chi connectivity index (χ1) is 12.4. The Morgan fingerprint density at radius 2 is 1.00 bits per heavy atom. The first-order valence-electron chi connectivity index (χ1n) is 8.82. The fourth-order valence-electron chi connectivity index (χ4n) is 3.51. The van der Waals surface area contributed by atoms with Crippen molar-refractivity contribution in [3.8, 4) is 0 Å². The standard InChI is InChI=1S/C22H26NPS/c23-16-18-25-19-17-24(20-10-4-1-5-11-20,21-12-6-2-7-13-21)22-14-8-3-9-15-22/h1-15,24H,16-19,23H2. The Hall–Kier alpha value is -1.60. The summed E-state index contributed by atoms with van der Waals surface area (Å²) >= 11 is 1.97. The molecule has 2 N–H and O–H groups in total. The predicted octanol–water partition coefficient (Wildman–Crippen LogP) is 3.40. The molecule has 130 valence electrons. The van der Waals surface area contributed by atoms with Crippen LogP contribution in [-0.2, 0) is 0 Å². The van der Waals surface area contributed by atoms with Crippen LogP contribution in [0.25, 0.3) is 0 Å². The van der Waals surface area contributed by atoms with Crippen LogP contribution in [0.1, 0.15) is 0 Å². The summed E-state index contributed by atoms with van der Waals surface area (Å²) in [5.41, 5.74) is 5.70. The zero-order valence-corrected chi connectivity index (χ0v) is 16.3. The molecule has 0 aromatic heterocycles. The molecule has 0 aliphatic carbocycles. The minimum atomic E-state index is -2.04. The molecule has 0 saturated heterocycles. The molecule has 3 rings (SSSR count). The van der Waals surface area contributed by atoms with Gasteiger partial charge in [0.15, 0.2) is 0 Å². The van der Waals surface area contributed by atoms with Crippen molar-refractivity contribution in [1.29, 1.82) is 0 Å². The van der Waals surface area contributed by atoms with Gasteiger partial charge in [0.05, 0.1) is 0 Å². The average Bonchev–Trinajstić information content (AvgIpc) is 2.70. The van der Waals surface area contributed by atoms with Crippen LogP contribution in [0, 0.1) is 0 Å². The van der Waals surface area contributed by atoms with E-state index < -0.39 is 7.26 Å². The van der Waals surface area contributed by atoms with Gasteiger partial charge in [-0.15, -0.1) is 0 Å². The van der Waals surface area contributed by atoms with Gasteiger partial charge in [-0.1, -0.05) is 0 Å². The molecule has 0 saturated carbocycles. The van der Waals surface area contributed by atoms with Gasteiger partial charge in [-0.25, -0.2) is 0 Å². The van der Waals surface area contributed by atoms with Crippen LogP contribution in [-0.4, -0.2) is 24.2 Å². The molecule has 3 aromatic rings. The first-order valence-corrected chi connectivity index (χ1v) is 12.2. The second-order valence-electron chi connectivity index (χ2n) is 6.15. The van der Waals surface area contributed by atoms with Crippen LogP contribution < -0.4 is 21.6 Å². The summed E-state index contributed by atoms with van der Waals surface area (Å²) in [5.74, 6) is 2.17. The van der Waals surface area contributed by atoms with E-state index in [0.29, 0.717) is 0 Å². The molecule has 3 aromatic carbocycles. The van der Waals surface area contributed by atoms with E-state index >= 15 is 0 Å². The Kier molecular flexibility index (Phi) is 6.69. The predicted molar refractivity (Wildman–Crippen MR) is 118 cm³/mol. The second kappa shape index (κ2) is 9.20. The molecule has 0 aliphatic rings. The average molecular weight is 367 g/mol. The van der Waals surface area contributed by atoms with Gasteiger partial charge in [-0.3, -0.25) is 0 Å². The molecule has 0 radical (unpaired) electrons. The molecule has 0 amide bonds. The summed E-state index contributed by atoms with van der Waals surface area (Å²) in [7, 11) is -2.04. The summed E-state index contributed by atoms with van der Waals surface area (Å²) in [6, 6.07) is 33.3. The third-order valence-electron chi connectivity index (χ3n) is 4.68. The summed E-state index contributed by atoms with van der Waals surface area (Å²) in [4.78, 5) is 0. The van der Waals surface area contributed by atoms with E-state index in [1.165, 1.54) is 22.1 Å². The van der Waals surface area contributed by atoms with E-state index in [2.05, 4.69) is 91.0 Å². The molecule has 0 bridgehead atoms. The molecule has 1 nitrogen and oxygen atoms in total. The van der Waals surface area contributed by atoms with E-state index in [-0.39, 0.29) is 0 Å². The van der Waals surface area contributed by atoms with Gasteiger partial charge in [0.1, 0.15) is 0 Å². The van der Waals surface area contributed by atoms with Crippen molar-refractivity contribution in [1.82, 2.24) is 0 Å². The summed E-state index contributed by atoms with van der Waals surface area (Å²) < 4.78 is 0. The van der Waals surface area contributed by atoms with Crippen molar-refractivity contribution in [2.45, 2.75) is 0 Å². The topological polar surface area (TPSA) is 26.0 Å². The number of hydrogen-bond acceptors (Lipinski definition) is 2. The monoisotopic (exact) mass is 367 g/mol. The first kappa shape index (κ1) is 18.2. The van der Waals surface area contributed by atoms with Crippen molar-refractivity contribution < 1.29 is 0 Å². The van der Waals surface area contributed by atoms with Crippen LogP contribution in [0.3, 0.4) is 0 Å². The van der Waals surface area contributed by atoms with Gasteiger partial charge in [-0.2, -0.15) is 0 Å². The van der Waals surface area contributed by atoms with Gasteiger partial charge in [-0.05, 0) is 0 Å². The summed E-state index contributed by atoms with van der Waals surface area (Å²) in [6.45, 7) is 0.751. The Bertz CT molecular complexity index is 650. The van der Waals surface area contributed by atoms with Crippen molar-refractivity contribution in [3.05, 3.63) is 91.0 Å². The molecular weight excluding hydrogens is 341 g/mol. The third kappa shape index (κ3) is 4.15. The van der Waals surface area contributed by atoms with Crippen molar-refractivity contribution >= 4 is 34.9 Å². The number of hydrogen-bond donors (Lipinski definition) is 1. The van der Waals surface area contributed by atoms with Crippen LogP contribution in [0.5, 0.6) is 0 Å². The van der Waals surface area contributed by atoms with Gasteiger partial charge >= 0.3 is 156 Å². The molecule has 0 heterocycles. The fourth-order valence-corrected chi connectivity index (χ4v) is 9.84. The van der Waals surface area contributed by atoms with Crippen molar-refractivity contribution in [2.75, 3.05) is 24.2 Å². The Balaban J connectivity index is 2.13.